The molecule has 0 spiro atoms. The van der Waals surface area contributed by atoms with Crippen molar-refractivity contribution >= 4 is 29.6 Å². The zero-order chi connectivity index (χ0) is 32.9. The number of hydrogen-bond donors (Lipinski definition) is 3. The van der Waals surface area contributed by atoms with Gasteiger partial charge in [-0.1, -0.05) is 91.0 Å². The molecule has 0 bridgehead atoms. The zero-order valence-electron chi connectivity index (χ0n) is 24.5. The van der Waals surface area contributed by atoms with Crippen molar-refractivity contribution in [2.75, 3.05) is 11.9 Å². The third-order valence-electron chi connectivity index (χ3n) is 6.80. The van der Waals surface area contributed by atoms with Crippen LogP contribution in [0.4, 0.5) is 19.0 Å². The summed E-state index contributed by atoms with van der Waals surface area (Å²) in [5, 5.41) is 8.47. The highest BCUT2D eigenvalue weighted by molar-refractivity contribution is 5.91. The average Bonchev–Trinajstić information content (AvgIpc) is 3.06. The van der Waals surface area contributed by atoms with Crippen LogP contribution in [0.2, 0.25) is 0 Å². The van der Waals surface area contributed by atoms with E-state index in [1.165, 1.54) is 0 Å². The minimum absolute atomic E-state index is 0.0761. The normalized spacial score (nSPS) is 12.3. The summed E-state index contributed by atoms with van der Waals surface area (Å²) in [6.45, 7) is 0.451. The summed E-state index contributed by atoms with van der Waals surface area (Å²) < 4.78 is 42.3. The van der Waals surface area contributed by atoms with Crippen molar-refractivity contribution in [1.82, 2.24) is 15.6 Å². The first-order chi connectivity index (χ1) is 22.1. The van der Waals surface area contributed by atoms with Gasteiger partial charge in [-0.15, -0.1) is 0 Å². The molecule has 2 atom stereocenters. The van der Waals surface area contributed by atoms with Crippen LogP contribution in [0, 0.1) is 0 Å². The van der Waals surface area contributed by atoms with E-state index in [1.54, 1.807) is 72.9 Å². The second kappa shape index (κ2) is 16.0. The van der Waals surface area contributed by atoms with Gasteiger partial charge in [0.1, 0.15) is 11.9 Å². The number of halogens is 3. The molecule has 0 saturated heterocycles. The van der Waals surface area contributed by atoms with Crippen LogP contribution in [-0.4, -0.2) is 41.5 Å². The number of amides is 2. The van der Waals surface area contributed by atoms with E-state index in [4.69, 9.17) is 0 Å². The van der Waals surface area contributed by atoms with Gasteiger partial charge in [0.25, 0.3) is 0 Å². The number of alkyl halides is 3. The van der Waals surface area contributed by atoms with Crippen LogP contribution in [0.1, 0.15) is 42.5 Å². The topological polar surface area (TPSA) is 126 Å². The van der Waals surface area contributed by atoms with E-state index in [0.717, 1.165) is 11.1 Å². The molecule has 0 fully saturated rings. The molecular weight excluding hydrogens is 601 g/mol. The molecule has 4 aromatic rings. The van der Waals surface area contributed by atoms with Gasteiger partial charge in [0, 0.05) is 19.2 Å². The molecule has 3 N–H and O–H groups in total. The van der Waals surface area contributed by atoms with E-state index in [9.17, 15) is 32.3 Å². The van der Waals surface area contributed by atoms with Crippen LogP contribution in [0.15, 0.2) is 109 Å². The number of carbonyl (C=O) groups excluding carboxylic acids is 4. The lowest BCUT2D eigenvalue weighted by Crippen LogP contribution is -2.42. The minimum atomic E-state index is -5.37. The Morgan fingerprint density at radius 1 is 0.739 bits per heavy atom. The Morgan fingerprint density at radius 3 is 2.00 bits per heavy atom. The number of hydrogen-bond acceptors (Lipinski definition) is 7. The molecule has 0 aliphatic heterocycles. The van der Waals surface area contributed by atoms with Crippen LogP contribution >= 0.6 is 0 Å². The number of pyridine rings is 1. The Balaban J connectivity index is 1.50. The van der Waals surface area contributed by atoms with Gasteiger partial charge in [-0.25, -0.2) is 9.78 Å². The molecule has 0 aliphatic carbocycles. The summed E-state index contributed by atoms with van der Waals surface area (Å²) in [5.41, 5.74) is 2.51. The Hall–Kier alpha value is -5.52. The number of esters is 2. The molecule has 4 rings (SSSR count). The molecule has 0 aliphatic rings. The number of anilines is 1. The molecule has 0 radical (unpaired) electrons. The van der Waals surface area contributed by atoms with Crippen molar-refractivity contribution in [1.29, 1.82) is 0 Å². The summed E-state index contributed by atoms with van der Waals surface area (Å²) in [6.07, 6.45) is -4.01. The Bertz CT molecular complexity index is 1600. The molecule has 238 valence electrons. The van der Waals surface area contributed by atoms with E-state index in [1.807, 2.05) is 36.4 Å². The second-order valence-electron chi connectivity index (χ2n) is 10.2. The number of benzene rings is 3. The summed E-state index contributed by atoms with van der Waals surface area (Å²) in [4.78, 5) is 54.5. The maximum absolute atomic E-state index is 13.7. The van der Waals surface area contributed by atoms with E-state index in [0.29, 0.717) is 29.9 Å². The Labute approximate surface area is 263 Å². The fraction of sp³-hybridized carbons (Fsp3) is 0.206. The molecular formula is C34H31F3N4O5. The number of ether oxygens (including phenoxy) is 1. The van der Waals surface area contributed by atoms with Crippen molar-refractivity contribution in [2.24, 2.45) is 0 Å². The van der Waals surface area contributed by atoms with E-state index >= 15 is 0 Å². The van der Waals surface area contributed by atoms with Gasteiger partial charge >= 0.3 is 18.1 Å². The third-order valence-corrected chi connectivity index (χ3v) is 6.80. The zero-order valence-corrected chi connectivity index (χ0v) is 24.5. The molecule has 9 nitrogen and oxygen atoms in total. The van der Waals surface area contributed by atoms with Crippen molar-refractivity contribution in [3.8, 4) is 11.1 Å². The first kappa shape index (κ1) is 33.4. The number of nitrogens with zero attached hydrogens (tertiary/aromatic N) is 1. The Morgan fingerprint density at radius 2 is 1.37 bits per heavy atom. The first-order valence-electron chi connectivity index (χ1n) is 14.4. The monoisotopic (exact) mass is 632 g/mol. The van der Waals surface area contributed by atoms with E-state index in [2.05, 4.69) is 25.7 Å². The van der Waals surface area contributed by atoms with Gasteiger partial charge in [0.15, 0.2) is 0 Å². The lowest BCUT2D eigenvalue weighted by Gasteiger charge is -2.24. The van der Waals surface area contributed by atoms with Crippen molar-refractivity contribution in [2.45, 2.75) is 37.5 Å². The third kappa shape index (κ3) is 10.0. The quantitative estimate of drug-likeness (QED) is 0.0984. The summed E-state index contributed by atoms with van der Waals surface area (Å²) in [5.74, 6) is -4.64. The minimum Gasteiger partial charge on any atom is -0.386 e. The highest BCUT2D eigenvalue weighted by Gasteiger charge is 2.42. The molecule has 1 heterocycles. The molecule has 12 heteroatoms. The smallest absolute Gasteiger partial charge is 0.386 e. The number of rotatable bonds is 13. The van der Waals surface area contributed by atoms with E-state index in [-0.39, 0.29) is 6.42 Å². The highest BCUT2D eigenvalue weighted by atomic mass is 19.4. The maximum Gasteiger partial charge on any atom is 0.491 e. The first-order valence-corrected chi connectivity index (χ1v) is 14.4. The molecule has 2 amide bonds. The fourth-order valence-electron chi connectivity index (χ4n) is 4.53. The molecule has 1 unspecified atom stereocenters. The Kier molecular flexibility index (Phi) is 11.6. The molecule has 3 aromatic carbocycles. The molecule has 1 aromatic heterocycles. The van der Waals surface area contributed by atoms with Crippen molar-refractivity contribution < 1.29 is 37.1 Å². The summed E-state index contributed by atoms with van der Waals surface area (Å²) >= 11 is 0. The standard InChI is InChI=1S/C34H31F3N4O5/c35-34(36,37)33(45)46-30(43)22-27(25-18-16-24(17-19-25)23-10-3-1-4-11-23)40-32(44)31(26-12-5-2-6-13-26)41-29(42)15-9-21-39-28-14-7-8-20-38-28/h1-8,10-14,16-20,27,31H,9,15,21-22H2,(H,38,39)(H,40,44)(H,41,42)/t27?,31-/m1/s1. The lowest BCUT2D eigenvalue weighted by molar-refractivity contribution is -0.202. The van der Waals surface area contributed by atoms with Gasteiger partial charge < -0.3 is 20.7 Å². The van der Waals surface area contributed by atoms with Crippen LogP contribution < -0.4 is 16.0 Å². The SMILES string of the molecule is O=C(CCCNc1ccccn1)N[C@@H](C(=O)NC(CC(=O)OC(=O)C(F)(F)F)c1ccc(-c2ccccc2)cc1)c1ccccc1. The lowest BCUT2D eigenvalue weighted by atomic mass is 9.98. The van der Waals surface area contributed by atoms with Crippen LogP contribution in [0.5, 0.6) is 0 Å². The summed E-state index contributed by atoms with van der Waals surface area (Å²) in [6, 6.07) is 27.4. The van der Waals surface area contributed by atoms with Crippen LogP contribution in [-0.2, 0) is 23.9 Å². The average molecular weight is 633 g/mol. The number of aromatic nitrogens is 1. The predicted octanol–water partition coefficient (Wildman–Crippen LogP) is 5.68. The van der Waals surface area contributed by atoms with Crippen molar-refractivity contribution in [3.05, 3.63) is 120 Å². The number of nitrogens with one attached hydrogen (secondary N) is 3. The number of carbonyl (C=O) groups is 4. The fourth-order valence-corrected chi connectivity index (χ4v) is 4.53. The maximum atomic E-state index is 13.7. The van der Waals surface area contributed by atoms with Gasteiger partial charge in [-0.3, -0.25) is 14.4 Å². The predicted molar refractivity (Wildman–Crippen MR) is 164 cm³/mol. The highest BCUT2D eigenvalue weighted by Crippen LogP contribution is 2.26. The molecule has 46 heavy (non-hydrogen) atoms. The van der Waals surface area contributed by atoms with E-state index < -0.39 is 48.4 Å². The summed E-state index contributed by atoms with van der Waals surface area (Å²) in [7, 11) is 0. The van der Waals surface area contributed by atoms with Crippen LogP contribution in [0.25, 0.3) is 11.1 Å². The van der Waals surface area contributed by atoms with Crippen LogP contribution in [0.3, 0.4) is 0 Å². The second-order valence-corrected chi connectivity index (χ2v) is 10.2. The van der Waals surface area contributed by atoms with Gasteiger partial charge in [0.2, 0.25) is 11.8 Å². The van der Waals surface area contributed by atoms with Gasteiger partial charge in [0.05, 0.1) is 12.5 Å². The van der Waals surface area contributed by atoms with Gasteiger partial charge in [-0.05, 0) is 40.8 Å². The van der Waals surface area contributed by atoms with Gasteiger partial charge in [-0.2, -0.15) is 13.2 Å². The molecule has 0 saturated carbocycles. The van der Waals surface area contributed by atoms with Crippen molar-refractivity contribution in [3.63, 3.8) is 0 Å². The largest absolute Gasteiger partial charge is 0.491 e.